The van der Waals surface area contributed by atoms with Crippen LogP contribution in [-0.4, -0.2) is 34.8 Å². The molecule has 0 radical (unpaired) electrons. The van der Waals surface area contributed by atoms with E-state index in [0.717, 1.165) is 16.3 Å². The summed E-state index contributed by atoms with van der Waals surface area (Å²) in [5.74, 6) is -0.405. The second kappa shape index (κ2) is 8.98. The van der Waals surface area contributed by atoms with E-state index in [2.05, 4.69) is 10.3 Å². The predicted octanol–water partition coefficient (Wildman–Crippen LogP) is 2.63. The van der Waals surface area contributed by atoms with Crippen LogP contribution in [0.1, 0.15) is 23.2 Å². The third kappa shape index (κ3) is 5.62. The van der Waals surface area contributed by atoms with Gasteiger partial charge in [-0.2, -0.15) is 0 Å². The average molecular weight is 343 g/mol. The maximum absolute atomic E-state index is 12.2. The molecule has 24 heavy (non-hydrogen) atoms. The molecule has 0 fully saturated rings. The van der Waals surface area contributed by atoms with E-state index in [1.807, 2.05) is 49.6 Å². The van der Waals surface area contributed by atoms with Gasteiger partial charge in [-0.15, -0.1) is 11.3 Å². The molecule has 1 heterocycles. The summed E-state index contributed by atoms with van der Waals surface area (Å²) in [5, 5.41) is 5.45. The van der Waals surface area contributed by atoms with Crippen molar-refractivity contribution in [1.29, 1.82) is 0 Å². The van der Waals surface area contributed by atoms with Gasteiger partial charge >= 0.3 is 0 Å². The Labute approximate surface area is 146 Å². The van der Waals surface area contributed by atoms with Gasteiger partial charge in [0.1, 0.15) is 0 Å². The summed E-state index contributed by atoms with van der Waals surface area (Å²) < 4.78 is 0. The Bertz CT molecular complexity index is 710. The Morgan fingerprint density at radius 2 is 2.04 bits per heavy atom. The quantitative estimate of drug-likeness (QED) is 0.786. The highest BCUT2D eigenvalue weighted by molar-refractivity contribution is 7.09. The Morgan fingerprint density at radius 1 is 1.29 bits per heavy atom. The van der Waals surface area contributed by atoms with Crippen molar-refractivity contribution < 1.29 is 9.59 Å². The lowest BCUT2D eigenvalue weighted by atomic mass is 10.2. The van der Waals surface area contributed by atoms with Crippen LogP contribution >= 0.6 is 11.3 Å². The van der Waals surface area contributed by atoms with Gasteiger partial charge in [0.2, 0.25) is 11.8 Å². The molecule has 0 aliphatic carbocycles. The lowest BCUT2D eigenvalue weighted by molar-refractivity contribution is -0.132. The van der Waals surface area contributed by atoms with Crippen molar-refractivity contribution in [2.24, 2.45) is 0 Å². The molecule has 0 saturated carbocycles. The van der Waals surface area contributed by atoms with Gasteiger partial charge in [-0.3, -0.25) is 9.59 Å². The second-order valence-electron chi connectivity index (χ2n) is 5.24. The van der Waals surface area contributed by atoms with Gasteiger partial charge in [-0.1, -0.05) is 30.3 Å². The first-order chi connectivity index (χ1) is 11.6. The second-order valence-corrected chi connectivity index (χ2v) is 6.30. The van der Waals surface area contributed by atoms with Crippen LogP contribution in [0.5, 0.6) is 0 Å². The highest BCUT2D eigenvalue weighted by Gasteiger charge is 2.12. The highest BCUT2D eigenvalue weighted by atomic mass is 32.1. The minimum atomic E-state index is -0.301. The van der Waals surface area contributed by atoms with E-state index in [-0.39, 0.29) is 18.4 Å². The fourth-order valence-corrected chi connectivity index (χ4v) is 2.71. The molecule has 2 aromatic rings. The molecule has 0 aliphatic rings. The maximum atomic E-state index is 12.2. The summed E-state index contributed by atoms with van der Waals surface area (Å²) in [5.41, 5.74) is 1.82. The Hall–Kier alpha value is -2.47. The van der Waals surface area contributed by atoms with Crippen molar-refractivity contribution in [3.63, 3.8) is 0 Å². The lowest BCUT2D eigenvalue weighted by Crippen LogP contribution is -2.39. The number of hydrogen-bond donors (Lipinski definition) is 1. The van der Waals surface area contributed by atoms with E-state index in [4.69, 9.17) is 0 Å². The Balaban J connectivity index is 1.82. The van der Waals surface area contributed by atoms with Crippen LogP contribution in [0.15, 0.2) is 41.8 Å². The fourth-order valence-electron chi connectivity index (χ4n) is 2.13. The molecule has 0 saturated heterocycles. The zero-order valence-corrected chi connectivity index (χ0v) is 14.7. The van der Waals surface area contributed by atoms with E-state index in [1.165, 1.54) is 17.4 Å². The Kier molecular flexibility index (Phi) is 6.69. The summed E-state index contributed by atoms with van der Waals surface area (Å²) in [6.45, 7) is 4.96. The minimum absolute atomic E-state index is 0.0139. The standard InChI is InChI=1S/C18H21N3O2S/c1-3-21(12-15-7-5-4-6-8-15)18(23)11-19-17(22)10-9-16-13-24-14(2)20-16/h4-10,13H,3,11-12H2,1-2H3,(H,19,22). The minimum Gasteiger partial charge on any atom is -0.343 e. The monoisotopic (exact) mass is 343 g/mol. The molecule has 0 atom stereocenters. The molecule has 0 aliphatic heterocycles. The van der Waals surface area contributed by atoms with Crippen LogP contribution in [0.3, 0.4) is 0 Å². The largest absolute Gasteiger partial charge is 0.343 e. The highest BCUT2D eigenvalue weighted by Crippen LogP contribution is 2.09. The molecule has 0 unspecified atom stereocenters. The van der Waals surface area contributed by atoms with Crippen molar-refractivity contribution in [1.82, 2.24) is 15.2 Å². The molecule has 0 bridgehead atoms. The van der Waals surface area contributed by atoms with Gasteiger partial charge in [0.15, 0.2) is 0 Å². The zero-order chi connectivity index (χ0) is 17.4. The summed E-state index contributed by atoms with van der Waals surface area (Å²) >= 11 is 1.53. The maximum Gasteiger partial charge on any atom is 0.244 e. The number of nitrogens with zero attached hydrogens (tertiary/aromatic N) is 2. The number of aromatic nitrogens is 1. The van der Waals surface area contributed by atoms with Gasteiger partial charge in [0.05, 0.1) is 17.2 Å². The normalized spacial score (nSPS) is 10.8. The van der Waals surface area contributed by atoms with Crippen molar-refractivity contribution in [2.75, 3.05) is 13.1 Å². The van der Waals surface area contributed by atoms with Crippen LogP contribution in [0, 0.1) is 6.92 Å². The smallest absolute Gasteiger partial charge is 0.244 e. The van der Waals surface area contributed by atoms with Gasteiger partial charge in [0, 0.05) is 24.5 Å². The molecular formula is C18H21N3O2S. The van der Waals surface area contributed by atoms with Crippen molar-refractivity contribution in [3.05, 3.63) is 58.1 Å². The summed E-state index contributed by atoms with van der Waals surface area (Å²) in [6.07, 6.45) is 3.04. The van der Waals surface area contributed by atoms with Crippen LogP contribution in [0.25, 0.3) is 6.08 Å². The summed E-state index contributed by atoms with van der Waals surface area (Å²) in [4.78, 5) is 30.0. The number of nitrogens with one attached hydrogen (secondary N) is 1. The first-order valence-electron chi connectivity index (χ1n) is 7.78. The van der Waals surface area contributed by atoms with Gasteiger partial charge in [0.25, 0.3) is 0 Å². The molecule has 6 heteroatoms. The van der Waals surface area contributed by atoms with Gasteiger partial charge < -0.3 is 10.2 Å². The summed E-state index contributed by atoms with van der Waals surface area (Å²) in [7, 11) is 0. The molecule has 0 spiro atoms. The van der Waals surface area contributed by atoms with Gasteiger partial charge in [-0.25, -0.2) is 4.98 Å². The van der Waals surface area contributed by atoms with Crippen molar-refractivity contribution >= 4 is 29.2 Å². The van der Waals surface area contributed by atoms with Crippen molar-refractivity contribution in [2.45, 2.75) is 20.4 Å². The number of thiazole rings is 1. The van der Waals surface area contributed by atoms with E-state index < -0.39 is 0 Å². The number of amides is 2. The zero-order valence-electron chi connectivity index (χ0n) is 13.9. The third-order valence-corrected chi connectivity index (χ3v) is 4.20. The first kappa shape index (κ1) is 17.9. The van der Waals surface area contributed by atoms with E-state index in [0.29, 0.717) is 13.1 Å². The number of hydrogen-bond acceptors (Lipinski definition) is 4. The first-order valence-corrected chi connectivity index (χ1v) is 8.66. The fraction of sp³-hybridized carbons (Fsp3) is 0.278. The molecule has 1 aromatic carbocycles. The molecule has 2 amide bonds. The van der Waals surface area contributed by atoms with E-state index >= 15 is 0 Å². The van der Waals surface area contributed by atoms with Crippen LogP contribution in [0.2, 0.25) is 0 Å². The van der Waals surface area contributed by atoms with E-state index in [1.54, 1.807) is 11.0 Å². The molecule has 1 aromatic heterocycles. The van der Waals surface area contributed by atoms with Crippen LogP contribution in [-0.2, 0) is 16.1 Å². The number of aryl methyl sites for hydroxylation is 1. The molecular weight excluding hydrogens is 322 g/mol. The van der Waals surface area contributed by atoms with Crippen molar-refractivity contribution in [3.8, 4) is 0 Å². The number of benzene rings is 1. The summed E-state index contributed by atoms with van der Waals surface area (Å²) in [6, 6.07) is 9.79. The number of rotatable bonds is 7. The van der Waals surface area contributed by atoms with Gasteiger partial charge in [-0.05, 0) is 25.5 Å². The number of carbonyl (C=O) groups is 2. The average Bonchev–Trinajstić information content (AvgIpc) is 3.02. The lowest BCUT2D eigenvalue weighted by Gasteiger charge is -2.21. The third-order valence-electron chi connectivity index (χ3n) is 3.41. The topological polar surface area (TPSA) is 62.3 Å². The number of carbonyl (C=O) groups excluding carboxylic acids is 2. The van der Waals surface area contributed by atoms with Crippen LogP contribution in [0.4, 0.5) is 0 Å². The molecule has 2 rings (SSSR count). The molecule has 126 valence electrons. The van der Waals surface area contributed by atoms with E-state index in [9.17, 15) is 9.59 Å². The Morgan fingerprint density at radius 3 is 2.67 bits per heavy atom. The predicted molar refractivity (Wildman–Crippen MR) is 96.4 cm³/mol. The molecule has 5 nitrogen and oxygen atoms in total. The van der Waals surface area contributed by atoms with Crippen LogP contribution < -0.4 is 5.32 Å². The molecule has 1 N–H and O–H groups in total. The number of likely N-dealkylation sites (N-methyl/N-ethyl adjacent to an activating group) is 1. The SMILES string of the molecule is CCN(Cc1ccccc1)C(=O)CNC(=O)C=Cc1csc(C)n1.